The summed E-state index contributed by atoms with van der Waals surface area (Å²) >= 11 is 0. The van der Waals surface area contributed by atoms with Crippen molar-refractivity contribution < 1.29 is 19.1 Å². The molecule has 0 saturated heterocycles. The Hall–Kier alpha value is -2.36. The fourth-order valence-electron chi connectivity index (χ4n) is 2.79. The molecule has 0 bridgehead atoms. The summed E-state index contributed by atoms with van der Waals surface area (Å²) in [6.45, 7) is 4.33. The lowest BCUT2D eigenvalue weighted by molar-refractivity contribution is -0.154. The second-order valence-corrected chi connectivity index (χ2v) is 6.50. The summed E-state index contributed by atoms with van der Waals surface area (Å²) in [5.41, 5.74) is 0.935. The summed E-state index contributed by atoms with van der Waals surface area (Å²) in [5.74, 6) is -0.702. The lowest BCUT2D eigenvalue weighted by Gasteiger charge is -2.15. The number of carbonyl (C=O) groups is 2. The number of carbonyl (C=O) groups excluding carboxylic acids is 2. The maximum Gasteiger partial charge on any atom is 0.306 e. The standard InChI is InChI=1S/C22H28O4/c1-3-5-10-20(4-2)26-22(24)14-13-21(23)25-16-17-11-12-18-8-6-7-9-19(18)15-17/h6-9,11-12,15,20H,3-5,10,13-14,16H2,1-2H3. The summed E-state index contributed by atoms with van der Waals surface area (Å²) in [6.07, 6.45) is 3.88. The summed E-state index contributed by atoms with van der Waals surface area (Å²) in [4.78, 5) is 23.8. The average molecular weight is 356 g/mol. The quantitative estimate of drug-likeness (QED) is 0.551. The molecule has 0 aliphatic rings. The summed E-state index contributed by atoms with van der Waals surface area (Å²) in [7, 11) is 0. The van der Waals surface area contributed by atoms with Gasteiger partial charge in [0.05, 0.1) is 12.8 Å². The lowest BCUT2D eigenvalue weighted by Crippen LogP contribution is -2.18. The molecule has 140 valence electrons. The molecule has 26 heavy (non-hydrogen) atoms. The first-order chi connectivity index (χ1) is 12.6. The van der Waals surface area contributed by atoms with Gasteiger partial charge in [-0.25, -0.2) is 0 Å². The molecule has 1 atom stereocenters. The van der Waals surface area contributed by atoms with Crippen LogP contribution in [0.4, 0.5) is 0 Å². The predicted molar refractivity (Wildman–Crippen MR) is 103 cm³/mol. The SMILES string of the molecule is CCCCC(CC)OC(=O)CCC(=O)OCc1ccc2ccccc2c1. The van der Waals surface area contributed by atoms with Crippen LogP contribution in [0.2, 0.25) is 0 Å². The molecule has 0 fully saturated rings. The van der Waals surface area contributed by atoms with Crippen LogP contribution in [0.25, 0.3) is 10.8 Å². The molecular formula is C22H28O4. The highest BCUT2D eigenvalue weighted by molar-refractivity contribution is 5.83. The van der Waals surface area contributed by atoms with Gasteiger partial charge in [-0.05, 0) is 35.2 Å². The smallest absolute Gasteiger partial charge is 0.306 e. The van der Waals surface area contributed by atoms with Crippen LogP contribution in [0.1, 0.15) is 57.9 Å². The second kappa shape index (κ2) is 10.6. The number of hydrogen-bond donors (Lipinski definition) is 0. The number of esters is 2. The minimum atomic E-state index is -0.378. The Labute approximate surface area is 155 Å². The van der Waals surface area contributed by atoms with E-state index >= 15 is 0 Å². The van der Waals surface area contributed by atoms with Crippen molar-refractivity contribution in [2.45, 2.75) is 65.1 Å². The number of unbranched alkanes of at least 4 members (excludes halogenated alkanes) is 1. The van der Waals surface area contributed by atoms with Gasteiger partial charge in [0, 0.05) is 0 Å². The van der Waals surface area contributed by atoms with E-state index in [1.54, 1.807) is 0 Å². The van der Waals surface area contributed by atoms with Gasteiger partial charge in [-0.15, -0.1) is 0 Å². The first-order valence-electron chi connectivity index (χ1n) is 9.45. The number of hydrogen-bond acceptors (Lipinski definition) is 4. The van der Waals surface area contributed by atoms with Crippen LogP contribution in [-0.4, -0.2) is 18.0 Å². The minimum Gasteiger partial charge on any atom is -0.462 e. The molecule has 4 nitrogen and oxygen atoms in total. The zero-order valence-electron chi connectivity index (χ0n) is 15.7. The number of rotatable bonds is 10. The van der Waals surface area contributed by atoms with Gasteiger partial charge in [0.2, 0.25) is 0 Å². The Morgan fingerprint density at radius 1 is 0.962 bits per heavy atom. The number of benzene rings is 2. The second-order valence-electron chi connectivity index (χ2n) is 6.50. The van der Waals surface area contributed by atoms with Crippen LogP contribution < -0.4 is 0 Å². The van der Waals surface area contributed by atoms with Gasteiger partial charge in [0.25, 0.3) is 0 Å². The third-order valence-electron chi connectivity index (χ3n) is 4.38. The van der Waals surface area contributed by atoms with Crippen molar-refractivity contribution in [1.82, 2.24) is 0 Å². The molecule has 2 rings (SSSR count). The first-order valence-corrected chi connectivity index (χ1v) is 9.45. The van der Waals surface area contributed by atoms with Gasteiger partial charge >= 0.3 is 11.9 Å². The highest BCUT2D eigenvalue weighted by Crippen LogP contribution is 2.16. The molecule has 2 aromatic carbocycles. The Kier molecular flexibility index (Phi) is 8.13. The molecule has 0 saturated carbocycles. The van der Waals surface area contributed by atoms with Crippen LogP contribution in [0.15, 0.2) is 42.5 Å². The van der Waals surface area contributed by atoms with Crippen molar-refractivity contribution in [3.63, 3.8) is 0 Å². The van der Waals surface area contributed by atoms with Gasteiger partial charge in [-0.2, -0.15) is 0 Å². The number of fused-ring (bicyclic) bond motifs is 1. The van der Waals surface area contributed by atoms with E-state index in [-0.39, 0.29) is 37.5 Å². The molecule has 0 radical (unpaired) electrons. The molecule has 0 amide bonds. The van der Waals surface area contributed by atoms with E-state index in [0.29, 0.717) is 0 Å². The molecule has 2 aromatic rings. The summed E-state index contributed by atoms with van der Waals surface area (Å²) in [6, 6.07) is 14.0. The third kappa shape index (κ3) is 6.51. The monoisotopic (exact) mass is 356 g/mol. The molecule has 0 aliphatic carbocycles. The number of ether oxygens (including phenoxy) is 2. The van der Waals surface area contributed by atoms with Crippen molar-refractivity contribution in [2.75, 3.05) is 0 Å². The molecule has 0 aliphatic heterocycles. The zero-order valence-corrected chi connectivity index (χ0v) is 15.7. The van der Waals surface area contributed by atoms with E-state index in [0.717, 1.165) is 42.0 Å². The molecule has 0 spiro atoms. The third-order valence-corrected chi connectivity index (χ3v) is 4.38. The highest BCUT2D eigenvalue weighted by atomic mass is 16.5. The van der Waals surface area contributed by atoms with Crippen LogP contribution in [-0.2, 0) is 25.7 Å². The van der Waals surface area contributed by atoms with E-state index in [9.17, 15) is 9.59 Å². The summed E-state index contributed by atoms with van der Waals surface area (Å²) in [5, 5.41) is 2.26. The molecule has 0 heterocycles. The predicted octanol–water partition coefficient (Wildman–Crippen LogP) is 5.18. The molecule has 4 heteroatoms. The fraction of sp³-hybridized carbons (Fsp3) is 0.455. The van der Waals surface area contributed by atoms with Gasteiger partial charge in [-0.1, -0.05) is 63.1 Å². The molecular weight excluding hydrogens is 328 g/mol. The highest BCUT2D eigenvalue weighted by Gasteiger charge is 2.14. The normalized spacial score (nSPS) is 11.9. The maximum atomic E-state index is 11.9. The van der Waals surface area contributed by atoms with Crippen LogP contribution >= 0.6 is 0 Å². The van der Waals surface area contributed by atoms with Crippen LogP contribution in [0.5, 0.6) is 0 Å². The van der Waals surface area contributed by atoms with E-state index in [4.69, 9.17) is 9.47 Å². The molecule has 1 unspecified atom stereocenters. The first kappa shape index (κ1) is 20.0. The van der Waals surface area contributed by atoms with E-state index in [2.05, 4.69) is 6.92 Å². The van der Waals surface area contributed by atoms with Crippen molar-refractivity contribution in [3.8, 4) is 0 Å². The Morgan fingerprint density at radius 2 is 1.69 bits per heavy atom. The van der Waals surface area contributed by atoms with Gasteiger partial charge < -0.3 is 9.47 Å². The Bertz CT molecular complexity index is 723. The van der Waals surface area contributed by atoms with Gasteiger partial charge in [0.15, 0.2) is 0 Å². The van der Waals surface area contributed by atoms with Gasteiger partial charge in [-0.3, -0.25) is 9.59 Å². The topological polar surface area (TPSA) is 52.6 Å². The van der Waals surface area contributed by atoms with Crippen molar-refractivity contribution in [2.24, 2.45) is 0 Å². The van der Waals surface area contributed by atoms with Crippen molar-refractivity contribution in [1.29, 1.82) is 0 Å². The van der Waals surface area contributed by atoms with E-state index in [1.807, 2.05) is 49.4 Å². The largest absolute Gasteiger partial charge is 0.462 e. The fourth-order valence-corrected chi connectivity index (χ4v) is 2.79. The minimum absolute atomic E-state index is 0.0453. The van der Waals surface area contributed by atoms with Crippen molar-refractivity contribution in [3.05, 3.63) is 48.0 Å². The molecule has 0 aromatic heterocycles. The van der Waals surface area contributed by atoms with Crippen LogP contribution in [0, 0.1) is 0 Å². The van der Waals surface area contributed by atoms with Crippen molar-refractivity contribution >= 4 is 22.7 Å². The zero-order chi connectivity index (χ0) is 18.8. The average Bonchev–Trinajstić information content (AvgIpc) is 2.67. The van der Waals surface area contributed by atoms with E-state index < -0.39 is 0 Å². The Morgan fingerprint density at radius 3 is 2.42 bits per heavy atom. The summed E-state index contributed by atoms with van der Waals surface area (Å²) < 4.78 is 10.7. The molecule has 0 N–H and O–H groups in total. The van der Waals surface area contributed by atoms with Gasteiger partial charge in [0.1, 0.15) is 12.7 Å². The Balaban J connectivity index is 1.73. The maximum absolute atomic E-state index is 11.9. The van der Waals surface area contributed by atoms with E-state index in [1.165, 1.54) is 0 Å². The van der Waals surface area contributed by atoms with Crippen LogP contribution in [0.3, 0.4) is 0 Å². The lowest BCUT2D eigenvalue weighted by atomic mass is 10.1.